The molecule has 0 radical (unpaired) electrons. The number of aryl methyl sites for hydroxylation is 5. The van der Waals surface area contributed by atoms with Gasteiger partial charge < -0.3 is 23.2 Å². The number of rotatable bonds is 5. The van der Waals surface area contributed by atoms with Crippen LogP contribution in [0.3, 0.4) is 0 Å². The van der Waals surface area contributed by atoms with E-state index in [4.69, 9.17) is 0 Å². The normalized spacial score (nSPS) is 11.8. The van der Waals surface area contributed by atoms with Gasteiger partial charge in [0.25, 0.3) is 0 Å². The first kappa shape index (κ1) is 92.3. The van der Waals surface area contributed by atoms with Crippen molar-refractivity contribution in [3.05, 3.63) is 496 Å². The molecule has 0 bridgehead atoms. The third-order valence-electron chi connectivity index (χ3n) is 27.7. The van der Waals surface area contributed by atoms with Crippen molar-refractivity contribution in [3.63, 3.8) is 0 Å². The van der Waals surface area contributed by atoms with E-state index < -0.39 is 0 Å². The molecule has 0 amide bonds. The second kappa shape index (κ2) is 40.6. The van der Waals surface area contributed by atoms with Gasteiger partial charge in [0.1, 0.15) is 0 Å². The summed E-state index contributed by atoms with van der Waals surface area (Å²) < 4.78 is 9.68. The smallest absolute Gasteiger partial charge is 0.0622 e. The standard InChI is InChI=1S/4C26H19N.C20H17N.5C2H6/c1-17-10-13-20(14-11-17)27-24-9-5-4-8-22(24)23-15-12-19-16-18-6-2-3-7-21(18)25(19)26(23)27;1-17-10-12-20(13-11-17)27-25-9-5-4-8-22(25)24-16-23-19(15-26(24)27)14-18-6-2-3-7-21(18)23;1-17-10-12-20(13-11-17)27-25-9-5-4-8-22(25)24-15-19-14-18-6-2-3-7-21(18)23(19)16-26(24)27;1-17-10-12-19(13-11-17)27-24-9-5-4-8-22(24)26-23-16-18-6-2-3-7-20(18)21(23)14-15-25(26)27;1-15-10-12-18(13-11-15)21-19-8-4-2-6-16(19)14-17-7-3-5-9-20(17)21;5*1-2/h2-15H,16H2,1H3;2*2-13,15-16H,14H2,1H3;2-15H,16H2,1H3;2-13H,14H2,1H3;5*1-2H3. The van der Waals surface area contributed by atoms with Gasteiger partial charge in [-0.3, -0.25) is 0 Å². The Hall–Kier alpha value is -15.8. The zero-order valence-corrected chi connectivity index (χ0v) is 83.0. The minimum absolute atomic E-state index is 1.01. The van der Waals surface area contributed by atoms with E-state index in [0.717, 1.165) is 32.1 Å². The molecule has 0 fully saturated rings. The van der Waals surface area contributed by atoms with Crippen molar-refractivity contribution in [1.29, 1.82) is 0 Å². The molecule has 139 heavy (non-hydrogen) atoms. The predicted octanol–water partition coefficient (Wildman–Crippen LogP) is 37.2. The fraction of sp³-hybridized carbons (Fsp3) is 0.149. The maximum atomic E-state index is 2.45. The van der Waals surface area contributed by atoms with Gasteiger partial charge in [0, 0.05) is 94.9 Å². The number of fused-ring (bicyclic) bond motifs is 28. The van der Waals surface area contributed by atoms with Crippen LogP contribution in [0.25, 0.3) is 154 Å². The highest BCUT2D eigenvalue weighted by molar-refractivity contribution is 6.17. The molecule has 5 nitrogen and oxygen atoms in total. The number of benzene rings is 19. The van der Waals surface area contributed by atoms with Gasteiger partial charge in [-0.05, 0) is 282 Å². The molecule has 0 atom stereocenters. The summed E-state index contributed by atoms with van der Waals surface area (Å²) in [6.07, 6.45) is 5.11. The van der Waals surface area contributed by atoms with E-state index in [1.54, 1.807) is 0 Å². The molecule has 1 aliphatic heterocycles. The first-order valence-electron chi connectivity index (χ1n) is 50.4. The minimum Gasteiger partial charge on any atom is -0.310 e. The average Bonchev–Trinajstić information content (AvgIpc) is 1.57. The zero-order valence-electron chi connectivity index (χ0n) is 83.0. The lowest BCUT2D eigenvalue weighted by molar-refractivity contribution is 1.09. The van der Waals surface area contributed by atoms with Crippen molar-refractivity contribution in [3.8, 4) is 67.3 Å². The second-order valence-electron chi connectivity index (χ2n) is 35.7. The first-order valence-corrected chi connectivity index (χ1v) is 50.4. The van der Waals surface area contributed by atoms with Crippen molar-refractivity contribution in [2.24, 2.45) is 0 Å². The molecule has 4 aliphatic carbocycles. The Morgan fingerprint density at radius 1 is 0.173 bits per heavy atom. The molecule has 5 heterocycles. The highest BCUT2D eigenvalue weighted by Crippen LogP contribution is 2.51. The van der Waals surface area contributed by atoms with Crippen LogP contribution in [0.4, 0.5) is 17.1 Å². The van der Waals surface area contributed by atoms with E-state index in [1.165, 1.54) is 255 Å². The highest BCUT2D eigenvalue weighted by atomic mass is 15.2. The molecule has 5 aliphatic rings. The molecule has 5 heteroatoms. The van der Waals surface area contributed by atoms with Gasteiger partial charge in [-0.25, -0.2) is 0 Å². The molecule has 23 aromatic rings. The number of hydrogen-bond acceptors (Lipinski definition) is 1. The third-order valence-corrected chi connectivity index (χ3v) is 27.7. The van der Waals surface area contributed by atoms with Crippen molar-refractivity contribution in [1.82, 2.24) is 18.3 Å². The molecular weight excluding hydrogens is 1680 g/mol. The van der Waals surface area contributed by atoms with Crippen molar-refractivity contribution in [2.75, 3.05) is 4.90 Å². The van der Waals surface area contributed by atoms with Gasteiger partial charge in [0.05, 0.1) is 44.1 Å². The highest BCUT2D eigenvalue weighted by Gasteiger charge is 2.30. The number of anilines is 3. The average molecular weight is 1800 g/mol. The third kappa shape index (κ3) is 17.0. The number of aromatic nitrogens is 4. The van der Waals surface area contributed by atoms with Crippen molar-refractivity contribution < 1.29 is 0 Å². The lowest BCUT2D eigenvalue weighted by Gasteiger charge is -2.33. The van der Waals surface area contributed by atoms with E-state index in [1.807, 2.05) is 69.2 Å². The maximum absolute atomic E-state index is 2.45. The SMILES string of the molecule is CC.CC.CC.CC.CC.Cc1ccc(-n2c3ccccc3c3c4c(ccc32)-c2ccccc2C4)cc1.Cc1ccc(-n2c3ccccc3c3cc4c(cc32)-c2ccccc2C4)cc1.Cc1ccc(-n2c3ccccc3c3cc4c(cc32)Cc2ccccc2-4)cc1.Cc1ccc(-n2c3ccccc3c3ccc4c(c32)-c2ccccc2C4)cc1.Cc1ccc(N2c3ccccc3Cc3ccccc32)cc1. The summed E-state index contributed by atoms with van der Waals surface area (Å²) in [4.78, 5) is 2.37. The first-order chi connectivity index (χ1) is 68.5. The molecule has 0 spiro atoms. The van der Waals surface area contributed by atoms with Gasteiger partial charge in [-0.15, -0.1) is 0 Å². The topological polar surface area (TPSA) is 23.0 Å². The summed E-state index contributed by atoms with van der Waals surface area (Å²) in [5, 5.41) is 10.7. The van der Waals surface area contributed by atoms with Crippen LogP contribution in [0, 0.1) is 34.6 Å². The van der Waals surface area contributed by atoms with Crippen LogP contribution in [0.15, 0.2) is 413 Å². The lowest BCUT2D eigenvalue weighted by Crippen LogP contribution is -2.18. The summed E-state index contributed by atoms with van der Waals surface area (Å²) in [5.74, 6) is 0. The van der Waals surface area contributed by atoms with Crippen LogP contribution < -0.4 is 4.90 Å². The Bertz CT molecular complexity index is 8290. The van der Waals surface area contributed by atoms with E-state index in [9.17, 15) is 0 Å². The monoisotopic (exact) mass is 1800 g/mol. The van der Waals surface area contributed by atoms with Crippen molar-refractivity contribution in [2.45, 2.75) is 136 Å². The largest absolute Gasteiger partial charge is 0.310 e. The Labute approximate surface area is 820 Å². The van der Waals surface area contributed by atoms with Gasteiger partial charge in [-0.2, -0.15) is 0 Å². The fourth-order valence-corrected chi connectivity index (χ4v) is 21.5. The Morgan fingerprint density at radius 3 is 0.964 bits per heavy atom. The van der Waals surface area contributed by atoms with Crippen molar-refractivity contribution >= 4 is 104 Å². The van der Waals surface area contributed by atoms with Gasteiger partial charge in [0.15, 0.2) is 0 Å². The maximum Gasteiger partial charge on any atom is 0.0622 e. The summed E-state index contributed by atoms with van der Waals surface area (Å²) in [5.41, 5.74) is 50.9. The van der Waals surface area contributed by atoms with E-state index in [2.05, 4.69) is 470 Å². The number of nitrogens with zero attached hydrogens (tertiary/aromatic N) is 5. The van der Waals surface area contributed by atoms with E-state index in [-0.39, 0.29) is 0 Å². The number of hydrogen-bond donors (Lipinski definition) is 0. The Morgan fingerprint density at radius 2 is 0.489 bits per heavy atom. The lowest BCUT2D eigenvalue weighted by atomic mass is 9.95. The zero-order chi connectivity index (χ0) is 96.1. The number of para-hydroxylation sites is 6. The molecular formula is C134H123N5. The van der Waals surface area contributed by atoms with Crippen LogP contribution in [0.1, 0.15) is 153 Å². The summed E-state index contributed by atoms with van der Waals surface area (Å²) in [6.45, 7) is 30.7. The molecule has 0 N–H and O–H groups in total. The van der Waals surface area contributed by atoms with E-state index in [0.29, 0.717) is 0 Å². The van der Waals surface area contributed by atoms with E-state index >= 15 is 0 Å². The Balaban J connectivity index is 0.000000109. The predicted molar refractivity (Wildman–Crippen MR) is 600 cm³/mol. The molecule has 684 valence electrons. The summed E-state index contributed by atoms with van der Waals surface area (Å²) in [7, 11) is 0. The molecule has 4 aromatic heterocycles. The van der Waals surface area contributed by atoms with Crippen LogP contribution in [0.2, 0.25) is 0 Å². The molecule has 0 saturated carbocycles. The van der Waals surface area contributed by atoms with Crippen LogP contribution in [-0.4, -0.2) is 18.3 Å². The quantitative estimate of drug-likeness (QED) is 0.168. The van der Waals surface area contributed by atoms with Crippen LogP contribution in [0.5, 0.6) is 0 Å². The molecule has 28 rings (SSSR count). The molecule has 19 aromatic carbocycles. The Kier molecular flexibility index (Phi) is 27.0. The van der Waals surface area contributed by atoms with Crippen LogP contribution >= 0.6 is 0 Å². The van der Waals surface area contributed by atoms with Gasteiger partial charge in [0.2, 0.25) is 0 Å². The summed E-state index contributed by atoms with van der Waals surface area (Å²) in [6, 6.07) is 151. The van der Waals surface area contributed by atoms with Gasteiger partial charge in [-0.1, -0.05) is 382 Å². The fourth-order valence-electron chi connectivity index (χ4n) is 21.5. The second-order valence-corrected chi connectivity index (χ2v) is 35.7. The molecule has 0 saturated heterocycles. The molecule has 0 unspecified atom stereocenters. The van der Waals surface area contributed by atoms with Gasteiger partial charge >= 0.3 is 0 Å². The van der Waals surface area contributed by atoms with Crippen LogP contribution in [-0.2, 0) is 32.1 Å². The minimum atomic E-state index is 1.01. The summed E-state index contributed by atoms with van der Waals surface area (Å²) >= 11 is 0.